The van der Waals surface area contributed by atoms with Crippen LogP contribution in [-0.4, -0.2) is 23.8 Å². The highest BCUT2D eigenvalue weighted by Crippen LogP contribution is 2.39. The molecular weight excluding hydrogens is 387 g/mol. The van der Waals surface area contributed by atoms with Gasteiger partial charge in [0.15, 0.2) is 5.78 Å². The second kappa shape index (κ2) is 7.58. The highest BCUT2D eigenvalue weighted by molar-refractivity contribution is 6.32. The number of alkyl halides is 3. The number of rotatable bonds is 3. The molecule has 1 aliphatic rings. The third-order valence-corrected chi connectivity index (χ3v) is 4.36. The SMILES string of the molecule is CC(C)(C)OC(=O)N[C@@]1(c2ccc(Cl)c(OC(F)(F)F)c2)CCCCC1=O. The summed E-state index contributed by atoms with van der Waals surface area (Å²) >= 11 is 5.79. The first-order valence-electron chi connectivity index (χ1n) is 8.43. The number of ketones is 1. The Hall–Kier alpha value is -1.96. The van der Waals surface area contributed by atoms with E-state index in [1.165, 1.54) is 12.1 Å². The smallest absolute Gasteiger partial charge is 0.444 e. The average Bonchev–Trinajstić information content (AvgIpc) is 2.48. The lowest BCUT2D eigenvalue weighted by Gasteiger charge is -2.37. The fraction of sp³-hybridized carbons (Fsp3) is 0.556. The number of hydrogen-bond acceptors (Lipinski definition) is 4. The molecule has 27 heavy (non-hydrogen) atoms. The van der Waals surface area contributed by atoms with Crippen LogP contribution < -0.4 is 10.1 Å². The van der Waals surface area contributed by atoms with E-state index in [4.69, 9.17) is 16.3 Å². The quantitative estimate of drug-likeness (QED) is 0.756. The van der Waals surface area contributed by atoms with E-state index < -0.39 is 29.3 Å². The van der Waals surface area contributed by atoms with Crippen LogP contribution in [0.25, 0.3) is 0 Å². The van der Waals surface area contributed by atoms with Crippen LogP contribution in [-0.2, 0) is 15.1 Å². The third kappa shape index (κ3) is 5.51. The highest BCUT2D eigenvalue weighted by atomic mass is 35.5. The number of halogens is 4. The number of nitrogens with one attached hydrogen (secondary N) is 1. The van der Waals surface area contributed by atoms with Crippen LogP contribution in [0.4, 0.5) is 18.0 Å². The first-order chi connectivity index (χ1) is 12.3. The van der Waals surface area contributed by atoms with Crippen molar-refractivity contribution in [2.24, 2.45) is 0 Å². The predicted octanol–water partition coefficient (Wildman–Crippen LogP) is 5.10. The van der Waals surface area contributed by atoms with Crippen molar-refractivity contribution in [1.82, 2.24) is 5.32 Å². The van der Waals surface area contributed by atoms with E-state index in [-0.39, 0.29) is 29.2 Å². The van der Waals surface area contributed by atoms with Crippen LogP contribution in [0.2, 0.25) is 5.02 Å². The molecule has 0 heterocycles. The van der Waals surface area contributed by atoms with Gasteiger partial charge in [-0.05, 0) is 57.7 Å². The van der Waals surface area contributed by atoms with Crippen molar-refractivity contribution in [3.63, 3.8) is 0 Å². The third-order valence-electron chi connectivity index (χ3n) is 4.05. The van der Waals surface area contributed by atoms with Gasteiger partial charge in [-0.2, -0.15) is 0 Å². The Bertz CT molecular complexity index is 730. The van der Waals surface area contributed by atoms with Crippen molar-refractivity contribution in [3.05, 3.63) is 28.8 Å². The van der Waals surface area contributed by atoms with Gasteiger partial charge in [-0.1, -0.05) is 17.7 Å². The maximum absolute atomic E-state index is 12.7. The van der Waals surface area contributed by atoms with E-state index in [0.717, 1.165) is 6.07 Å². The standard InChI is InChI=1S/C18H21ClF3NO4/c1-16(2,3)27-15(25)23-17(9-5-4-6-14(17)24)11-7-8-12(19)13(10-11)26-18(20,21)22/h7-8,10H,4-6,9H2,1-3H3,(H,23,25)/t17-/m1/s1. The van der Waals surface area contributed by atoms with Crippen molar-refractivity contribution >= 4 is 23.5 Å². The molecule has 1 aromatic carbocycles. The molecule has 0 aromatic heterocycles. The molecule has 0 radical (unpaired) electrons. The number of carbonyl (C=O) groups is 2. The number of ether oxygens (including phenoxy) is 2. The number of hydrogen-bond donors (Lipinski definition) is 1. The van der Waals surface area contributed by atoms with Crippen LogP contribution in [0.5, 0.6) is 5.75 Å². The van der Waals surface area contributed by atoms with Gasteiger partial charge >= 0.3 is 12.5 Å². The van der Waals surface area contributed by atoms with Crippen LogP contribution in [0.1, 0.15) is 52.0 Å². The van der Waals surface area contributed by atoms with Gasteiger partial charge in [0.2, 0.25) is 0 Å². The summed E-state index contributed by atoms with van der Waals surface area (Å²) in [4.78, 5) is 25.0. The second-order valence-corrected chi connectivity index (χ2v) is 7.76. The minimum atomic E-state index is -4.94. The number of Topliss-reactive ketones (excluding diaryl/α,β-unsaturated/α-hetero) is 1. The summed E-state index contributed by atoms with van der Waals surface area (Å²) in [5.41, 5.74) is -2.12. The number of carbonyl (C=O) groups excluding carboxylic acids is 2. The van der Waals surface area contributed by atoms with E-state index >= 15 is 0 Å². The molecule has 5 nitrogen and oxygen atoms in total. The minimum absolute atomic E-state index is 0.168. The van der Waals surface area contributed by atoms with E-state index in [9.17, 15) is 22.8 Å². The molecular formula is C18H21ClF3NO4. The molecule has 150 valence electrons. The highest BCUT2D eigenvalue weighted by Gasteiger charge is 2.44. The Morgan fingerprint density at radius 2 is 1.89 bits per heavy atom. The Labute approximate surface area is 160 Å². The molecule has 1 aliphatic carbocycles. The van der Waals surface area contributed by atoms with Gasteiger partial charge in [0, 0.05) is 6.42 Å². The molecule has 9 heteroatoms. The maximum Gasteiger partial charge on any atom is 0.573 e. The van der Waals surface area contributed by atoms with Gasteiger partial charge in [-0.3, -0.25) is 4.79 Å². The minimum Gasteiger partial charge on any atom is -0.444 e. The molecule has 1 amide bonds. The van der Waals surface area contributed by atoms with Crippen molar-refractivity contribution in [3.8, 4) is 5.75 Å². The molecule has 0 aliphatic heterocycles. The lowest BCUT2D eigenvalue weighted by molar-refractivity contribution is -0.274. The number of amides is 1. The first kappa shape index (κ1) is 21.3. The molecule has 1 aromatic rings. The normalized spacial score (nSPS) is 20.9. The Balaban J connectivity index is 2.44. The maximum atomic E-state index is 12.7. The number of alkyl carbamates (subject to hydrolysis) is 1. The molecule has 2 rings (SSSR count). The van der Waals surface area contributed by atoms with Gasteiger partial charge in [-0.15, -0.1) is 13.2 Å². The van der Waals surface area contributed by atoms with Gasteiger partial charge in [0.25, 0.3) is 0 Å². The Kier molecular flexibility index (Phi) is 5.99. The predicted molar refractivity (Wildman–Crippen MR) is 92.7 cm³/mol. The van der Waals surface area contributed by atoms with E-state index in [2.05, 4.69) is 10.1 Å². The molecule has 0 spiro atoms. The molecule has 0 bridgehead atoms. The van der Waals surface area contributed by atoms with Crippen LogP contribution in [0.3, 0.4) is 0 Å². The molecule has 1 N–H and O–H groups in total. The lowest BCUT2D eigenvalue weighted by atomic mass is 9.75. The fourth-order valence-corrected chi connectivity index (χ4v) is 3.14. The summed E-state index contributed by atoms with van der Waals surface area (Å²) in [6, 6.07) is 3.65. The van der Waals surface area contributed by atoms with Crippen molar-refractivity contribution in [2.75, 3.05) is 0 Å². The molecule has 1 fully saturated rings. The van der Waals surface area contributed by atoms with Gasteiger partial charge in [0.05, 0.1) is 5.02 Å². The van der Waals surface area contributed by atoms with Crippen molar-refractivity contribution in [1.29, 1.82) is 0 Å². The molecule has 0 saturated heterocycles. The van der Waals surface area contributed by atoms with E-state index in [1.54, 1.807) is 20.8 Å². The zero-order valence-corrected chi connectivity index (χ0v) is 16.0. The van der Waals surface area contributed by atoms with Crippen molar-refractivity contribution < 1.29 is 32.2 Å². The summed E-state index contributed by atoms with van der Waals surface area (Å²) in [7, 11) is 0. The second-order valence-electron chi connectivity index (χ2n) is 7.36. The monoisotopic (exact) mass is 407 g/mol. The lowest BCUT2D eigenvalue weighted by Crippen LogP contribution is -2.54. The van der Waals surface area contributed by atoms with Gasteiger partial charge in [0.1, 0.15) is 16.9 Å². The Morgan fingerprint density at radius 1 is 1.22 bits per heavy atom. The molecule has 0 unspecified atom stereocenters. The summed E-state index contributed by atoms with van der Waals surface area (Å²) in [5.74, 6) is -0.940. The average molecular weight is 408 g/mol. The van der Waals surface area contributed by atoms with Crippen LogP contribution >= 0.6 is 11.6 Å². The summed E-state index contributed by atoms with van der Waals surface area (Å²) < 4.78 is 47.1. The largest absolute Gasteiger partial charge is 0.573 e. The summed E-state index contributed by atoms with van der Waals surface area (Å²) in [5, 5.41) is 2.32. The summed E-state index contributed by atoms with van der Waals surface area (Å²) in [6.07, 6.45) is -4.10. The van der Waals surface area contributed by atoms with E-state index in [1.807, 2.05) is 0 Å². The topological polar surface area (TPSA) is 64.6 Å². The number of benzene rings is 1. The van der Waals surface area contributed by atoms with Crippen LogP contribution in [0.15, 0.2) is 18.2 Å². The van der Waals surface area contributed by atoms with Gasteiger partial charge < -0.3 is 14.8 Å². The molecule has 1 saturated carbocycles. The zero-order chi connectivity index (χ0) is 20.5. The van der Waals surface area contributed by atoms with Crippen molar-refractivity contribution in [2.45, 2.75) is 64.0 Å². The Morgan fingerprint density at radius 3 is 2.44 bits per heavy atom. The molecule has 1 atom stereocenters. The van der Waals surface area contributed by atoms with E-state index in [0.29, 0.717) is 12.8 Å². The first-order valence-corrected chi connectivity index (χ1v) is 8.80. The zero-order valence-electron chi connectivity index (χ0n) is 15.2. The van der Waals surface area contributed by atoms with Crippen LogP contribution in [0, 0.1) is 0 Å². The summed E-state index contributed by atoms with van der Waals surface area (Å²) in [6.45, 7) is 5.00. The fourth-order valence-electron chi connectivity index (χ4n) is 2.99. The van der Waals surface area contributed by atoms with Gasteiger partial charge in [-0.25, -0.2) is 4.79 Å².